The lowest BCUT2D eigenvalue weighted by Gasteiger charge is -2.08. The molecular formula is C24H26N4O6S3. The second-order valence-electron chi connectivity index (χ2n) is 8.39. The minimum atomic E-state index is -0.467. The molecule has 37 heavy (non-hydrogen) atoms. The molecule has 1 aliphatic carbocycles. The highest BCUT2D eigenvalue weighted by molar-refractivity contribution is 8.00. The van der Waals surface area contributed by atoms with Crippen LogP contribution in [-0.4, -0.2) is 45.4 Å². The summed E-state index contributed by atoms with van der Waals surface area (Å²) in [4.78, 5) is 54.0. The van der Waals surface area contributed by atoms with Gasteiger partial charge in [0.25, 0.3) is 11.6 Å². The molecule has 0 aliphatic heterocycles. The number of carbonyl (C=O) groups is 3. The van der Waals surface area contributed by atoms with E-state index in [2.05, 4.69) is 10.3 Å². The van der Waals surface area contributed by atoms with Gasteiger partial charge in [-0.15, -0.1) is 23.1 Å². The summed E-state index contributed by atoms with van der Waals surface area (Å²) >= 11 is 3.75. The van der Waals surface area contributed by atoms with Crippen LogP contribution in [0.25, 0.3) is 10.2 Å². The van der Waals surface area contributed by atoms with Gasteiger partial charge in [-0.3, -0.25) is 19.7 Å². The van der Waals surface area contributed by atoms with Crippen molar-refractivity contribution in [1.82, 2.24) is 4.57 Å². The summed E-state index contributed by atoms with van der Waals surface area (Å²) in [5.74, 6) is -1.12. The van der Waals surface area contributed by atoms with Crippen LogP contribution in [0.15, 0.2) is 23.2 Å². The van der Waals surface area contributed by atoms with Gasteiger partial charge in [0.1, 0.15) is 5.00 Å². The average molecular weight is 563 g/mol. The Bertz CT molecular complexity index is 1440. The Kier molecular flexibility index (Phi) is 8.77. The molecule has 0 saturated carbocycles. The molecule has 0 atom stereocenters. The molecule has 1 aromatic carbocycles. The number of thiophene rings is 1. The standard InChI is InChI=1S/C24H26N4O6S3/c1-3-34-23(31)21-15-7-5-4-6-8-17(15)36-22(21)25-19(29)12-35-13-20(30)26-24-27(2)16-10-9-14(28(32)33)11-18(16)37-24/h9-11H,3-8,12-13H2,1-2H3,(H,25,29). The van der Waals surface area contributed by atoms with E-state index in [-0.39, 0.29) is 29.7 Å². The number of amides is 2. The third-order valence-corrected chi connectivity index (χ3v) is 9.06. The molecule has 0 saturated heterocycles. The van der Waals surface area contributed by atoms with Crippen molar-refractivity contribution >= 4 is 73.1 Å². The number of aromatic nitrogens is 1. The van der Waals surface area contributed by atoms with Gasteiger partial charge in [-0.25, -0.2) is 4.79 Å². The molecule has 1 N–H and O–H groups in total. The second-order valence-corrected chi connectivity index (χ2v) is 11.5. The fourth-order valence-corrected chi connectivity index (χ4v) is 7.09. The van der Waals surface area contributed by atoms with Crippen LogP contribution in [0.3, 0.4) is 0 Å². The van der Waals surface area contributed by atoms with Crippen LogP contribution in [0.1, 0.15) is 47.0 Å². The minimum Gasteiger partial charge on any atom is -0.462 e. The number of hydrogen-bond acceptors (Lipinski definition) is 9. The predicted molar refractivity (Wildman–Crippen MR) is 146 cm³/mol. The predicted octanol–water partition coefficient (Wildman–Crippen LogP) is 4.45. The van der Waals surface area contributed by atoms with E-state index in [1.807, 2.05) is 0 Å². The van der Waals surface area contributed by atoms with E-state index in [1.165, 1.54) is 34.8 Å². The third kappa shape index (κ3) is 6.28. The van der Waals surface area contributed by atoms with Crippen LogP contribution in [0.4, 0.5) is 10.7 Å². The van der Waals surface area contributed by atoms with E-state index >= 15 is 0 Å². The molecule has 0 bridgehead atoms. The first-order valence-electron chi connectivity index (χ1n) is 11.8. The zero-order valence-electron chi connectivity index (χ0n) is 20.4. The SMILES string of the molecule is CCOC(=O)c1c(NC(=O)CSCC(=O)N=c2sc3cc([N+](=O)[O-])ccc3n2C)sc2c1CCCCC2. The average Bonchev–Trinajstić information content (AvgIpc) is 3.24. The van der Waals surface area contributed by atoms with Gasteiger partial charge in [-0.2, -0.15) is 4.99 Å². The van der Waals surface area contributed by atoms with Gasteiger partial charge >= 0.3 is 5.97 Å². The quantitative estimate of drug-likeness (QED) is 0.186. The van der Waals surface area contributed by atoms with Crippen molar-refractivity contribution in [2.45, 2.75) is 39.0 Å². The smallest absolute Gasteiger partial charge is 0.341 e. The van der Waals surface area contributed by atoms with Crippen LogP contribution in [0, 0.1) is 10.1 Å². The number of benzene rings is 1. The Balaban J connectivity index is 1.40. The Hall–Kier alpha value is -3.03. The van der Waals surface area contributed by atoms with Gasteiger partial charge in [-0.1, -0.05) is 17.8 Å². The Morgan fingerprint density at radius 2 is 1.97 bits per heavy atom. The van der Waals surface area contributed by atoms with Crippen molar-refractivity contribution in [3.63, 3.8) is 0 Å². The van der Waals surface area contributed by atoms with Gasteiger partial charge in [0, 0.05) is 24.1 Å². The van der Waals surface area contributed by atoms with Gasteiger partial charge < -0.3 is 14.6 Å². The van der Waals surface area contributed by atoms with E-state index in [0.29, 0.717) is 20.1 Å². The summed E-state index contributed by atoms with van der Waals surface area (Å²) < 4.78 is 7.61. The number of nitrogens with zero attached hydrogens (tertiary/aromatic N) is 3. The van der Waals surface area contributed by atoms with Gasteiger partial charge in [-0.05, 0) is 44.2 Å². The maximum Gasteiger partial charge on any atom is 0.341 e. The molecule has 2 amide bonds. The highest BCUT2D eigenvalue weighted by Gasteiger charge is 2.26. The number of nitro benzene ring substituents is 1. The molecule has 3 aromatic rings. The molecule has 2 heterocycles. The number of ether oxygens (including phenoxy) is 1. The number of aryl methyl sites for hydroxylation is 2. The van der Waals surface area contributed by atoms with Crippen molar-refractivity contribution in [3.05, 3.63) is 49.1 Å². The number of fused-ring (bicyclic) bond motifs is 2. The number of hydrogen-bond donors (Lipinski definition) is 1. The Morgan fingerprint density at radius 1 is 1.19 bits per heavy atom. The summed E-state index contributed by atoms with van der Waals surface area (Å²) in [6.45, 7) is 2.01. The lowest BCUT2D eigenvalue weighted by Crippen LogP contribution is -2.18. The van der Waals surface area contributed by atoms with Crippen molar-refractivity contribution in [2.24, 2.45) is 12.0 Å². The molecule has 0 spiro atoms. The summed E-state index contributed by atoms with van der Waals surface area (Å²) in [7, 11) is 1.74. The van der Waals surface area contributed by atoms with Crippen LogP contribution in [0.2, 0.25) is 0 Å². The number of thiazole rings is 1. The highest BCUT2D eigenvalue weighted by Crippen LogP contribution is 2.38. The molecular weight excluding hydrogens is 536 g/mol. The first kappa shape index (κ1) is 27.0. The van der Waals surface area contributed by atoms with Crippen molar-refractivity contribution < 1.29 is 24.0 Å². The van der Waals surface area contributed by atoms with E-state index in [1.54, 1.807) is 24.6 Å². The molecule has 0 radical (unpaired) electrons. The van der Waals surface area contributed by atoms with E-state index in [0.717, 1.165) is 59.8 Å². The molecule has 13 heteroatoms. The minimum absolute atomic E-state index is 0.00646. The number of esters is 1. The Morgan fingerprint density at radius 3 is 2.73 bits per heavy atom. The molecule has 1 aliphatic rings. The highest BCUT2D eigenvalue weighted by atomic mass is 32.2. The maximum atomic E-state index is 12.6. The lowest BCUT2D eigenvalue weighted by molar-refractivity contribution is -0.384. The number of nitro groups is 1. The number of nitrogens with one attached hydrogen (secondary N) is 1. The van der Waals surface area contributed by atoms with Crippen molar-refractivity contribution in [3.8, 4) is 0 Å². The summed E-state index contributed by atoms with van der Waals surface area (Å²) in [5, 5.41) is 14.4. The second kappa shape index (κ2) is 12.0. The van der Waals surface area contributed by atoms with E-state index in [9.17, 15) is 24.5 Å². The Labute approximate surface area is 224 Å². The zero-order valence-corrected chi connectivity index (χ0v) is 22.9. The lowest BCUT2D eigenvalue weighted by atomic mass is 10.1. The largest absolute Gasteiger partial charge is 0.462 e. The fourth-order valence-electron chi connectivity index (χ4n) is 4.13. The van der Waals surface area contributed by atoms with Crippen molar-refractivity contribution in [1.29, 1.82) is 0 Å². The molecule has 4 rings (SSSR count). The number of anilines is 1. The molecule has 196 valence electrons. The topological polar surface area (TPSA) is 133 Å². The fraction of sp³-hybridized carbons (Fsp3) is 0.417. The van der Waals surface area contributed by atoms with E-state index < -0.39 is 16.8 Å². The maximum absolute atomic E-state index is 12.6. The molecule has 0 fully saturated rings. The number of carbonyl (C=O) groups excluding carboxylic acids is 3. The summed E-state index contributed by atoms with van der Waals surface area (Å²) in [6.07, 6.45) is 4.84. The van der Waals surface area contributed by atoms with Gasteiger partial charge in [0.2, 0.25) is 5.91 Å². The number of non-ortho nitro benzene ring substituents is 1. The third-order valence-electron chi connectivity index (χ3n) is 5.84. The zero-order chi connectivity index (χ0) is 26.5. The molecule has 0 unspecified atom stereocenters. The van der Waals surface area contributed by atoms with Crippen LogP contribution < -0.4 is 10.1 Å². The summed E-state index contributed by atoms with van der Waals surface area (Å²) in [5.41, 5.74) is 2.16. The molecule has 10 nitrogen and oxygen atoms in total. The van der Waals surface area contributed by atoms with Crippen LogP contribution in [0.5, 0.6) is 0 Å². The first-order chi connectivity index (χ1) is 17.8. The monoisotopic (exact) mass is 562 g/mol. The number of thioether (sulfide) groups is 1. The van der Waals surface area contributed by atoms with Gasteiger partial charge in [0.15, 0.2) is 4.80 Å². The van der Waals surface area contributed by atoms with E-state index in [4.69, 9.17) is 4.74 Å². The van der Waals surface area contributed by atoms with Crippen LogP contribution >= 0.6 is 34.4 Å². The molecule has 2 aromatic heterocycles. The van der Waals surface area contributed by atoms with Gasteiger partial charge in [0.05, 0.1) is 38.8 Å². The van der Waals surface area contributed by atoms with Crippen LogP contribution in [-0.2, 0) is 34.2 Å². The summed E-state index contributed by atoms with van der Waals surface area (Å²) in [6, 6.07) is 4.49. The van der Waals surface area contributed by atoms with Crippen molar-refractivity contribution in [2.75, 3.05) is 23.4 Å². The first-order valence-corrected chi connectivity index (χ1v) is 14.6. The number of rotatable bonds is 8. The normalized spacial score (nSPS) is 13.7.